The molecule has 0 atom stereocenters. The van der Waals surface area contributed by atoms with Crippen molar-refractivity contribution in [3.8, 4) is 11.3 Å². The predicted octanol–water partition coefficient (Wildman–Crippen LogP) is 2.11. The van der Waals surface area contributed by atoms with Gasteiger partial charge in [0, 0.05) is 29.1 Å². The van der Waals surface area contributed by atoms with Crippen molar-refractivity contribution in [2.75, 3.05) is 25.5 Å². The van der Waals surface area contributed by atoms with E-state index in [0.29, 0.717) is 16.4 Å². The molecule has 0 saturated heterocycles. The van der Waals surface area contributed by atoms with Gasteiger partial charge in [0.05, 0.1) is 23.7 Å². The number of carbonyl (C=O) groups is 2. The third-order valence-electron chi connectivity index (χ3n) is 3.38. The molecule has 2 amide bonds. The van der Waals surface area contributed by atoms with E-state index in [4.69, 9.17) is 0 Å². The maximum absolute atomic E-state index is 12.1. The highest BCUT2D eigenvalue weighted by Crippen LogP contribution is 2.27. The van der Waals surface area contributed by atoms with Crippen LogP contribution in [0.5, 0.6) is 0 Å². The summed E-state index contributed by atoms with van der Waals surface area (Å²) in [4.78, 5) is 40.1. The summed E-state index contributed by atoms with van der Waals surface area (Å²) in [5.74, 6) is -0.447. The summed E-state index contributed by atoms with van der Waals surface area (Å²) in [5, 5.41) is 18.4. The van der Waals surface area contributed by atoms with Gasteiger partial charge in [0.15, 0.2) is 5.13 Å². The quantitative estimate of drug-likeness (QED) is 0.526. The Labute approximate surface area is 160 Å². The number of hydrogen-bond donors (Lipinski definition) is 2. The fourth-order valence-electron chi connectivity index (χ4n) is 2.32. The molecule has 1 aromatic carbocycles. The lowest BCUT2D eigenvalue weighted by molar-refractivity contribution is -0.384. The summed E-state index contributed by atoms with van der Waals surface area (Å²) in [7, 11) is 1.68. The molecule has 0 fully saturated rings. The van der Waals surface area contributed by atoms with Crippen molar-refractivity contribution in [3.05, 3.63) is 39.8 Å². The molecule has 0 aliphatic carbocycles. The molecular formula is C17H21N5O4S. The van der Waals surface area contributed by atoms with Crippen molar-refractivity contribution < 1.29 is 14.5 Å². The number of carbonyl (C=O) groups excluding carboxylic acids is 2. The number of anilines is 1. The van der Waals surface area contributed by atoms with Crippen LogP contribution in [0.4, 0.5) is 10.8 Å². The molecule has 144 valence electrons. The second kappa shape index (κ2) is 9.19. The molecule has 0 radical (unpaired) electrons. The number of non-ortho nitro benzene ring substituents is 1. The van der Waals surface area contributed by atoms with E-state index in [0.717, 1.165) is 0 Å². The molecule has 0 bridgehead atoms. The number of amides is 2. The van der Waals surface area contributed by atoms with Crippen LogP contribution in [0.3, 0.4) is 0 Å². The van der Waals surface area contributed by atoms with Crippen LogP contribution in [-0.2, 0) is 9.59 Å². The fraction of sp³-hybridized carbons (Fsp3) is 0.353. The third kappa shape index (κ3) is 6.42. The molecule has 1 aromatic heterocycles. The van der Waals surface area contributed by atoms with Gasteiger partial charge in [-0.2, -0.15) is 0 Å². The number of nitrogens with zero attached hydrogens (tertiary/aromatic N) is 3. The van der Waals surface area contributed by atoms with Crippen molar-refractivity contribution in [2.24, 2.45) is 0 Å². The first-order chi connectivity index (χ1) is 12.7. The van der Waals surface area contributed by atoms with Gasteiger partial charge in [-0.3, -0.25) is 24.6 Å². The van der Waals surface area contributed by atoms with Crippen molar-refractivity contribution in [3.63, 3.8) is 0 Å². The number of thiazole rings is 1. The lowest BCUT2D eigenvalue weighted by Crippen LogP contribution is -2.41. The van der Waals surface area contributed by atoms with Gasteiger partial charge in [0.2, 0.25) is 11.8 Å². The first-order valence-electron chi connectivity index (χ1n) is 8.22. The zero-order valence-electron chi connectivity index (χ0n) is 15.3. The smallest absolute Gasteiger partial charge is 0.270 e. The molecule has 1 heterocycles. The monoisotopic (exact) mass is 391 g/mol. The van der Waals surface area contributed by atoms with Crippen LogP contribution in [0.1, 0.15) is 13.8 Å². The van der Waals surface area contributed by atoms with Crippen LogP contribution >= 0.6 is 11.3 Å². The van der Waals surface area contributed by atoms with E-state index in [9.17, 15) is 19.7 Å². The van der Waals surface area contributed by atoms with Gasteiger partial charge in [-0.1, -0.05) is 12.1 Å². The number of benzene rings is 1. The standard InChI is InChI=1S/C17H21N5O4S/c1-11(2)18-15(23)8-21(3)9-16(24)20-17-19-14(10-27-17)12-5-4-6-13(7-12)22(25)26/h4-7,10-11H,8-9H2,1-3H3,(H,18,23)(H,19,20,24). The molecule has 0 aliphatic rings. The molecule has 9 nitrogen and oxygen atoms in total. The van der Waals surface area contributed by atoms with Crippen LogP contribution in [-0.4, -0.2) is 52.8 Å². The van der Waals surface area contributed by atoms with Gasteiger partial charge < -0.3 is 10.6 Å². The summed E-state index contributed by atoms with van der Waals surface area (Å²) < 4.78 is 0. The number of nitro groups is 1. The predicted molar refractivity (Wildman–Crippen MR) is 104 cm³/mol. The maximum Gasteiger partial charge on any atom is 0.270 e. The number of aromatic nitrogens is 1. The van der Waals surface area contributed by atoms with Crippen molar-refractivity contribution in [2.45, 2.75) is 19.9 Å². The maximum atomic E-state index is 12.1. The van der Waals surface area contributed by atoms with E-state index < -0.39 is 4.92 Å². The topological polar surface area (TPSA) is 117 Å². The Kier molecular flexibility index (Phi) is 6.97. The van der Waals surface area contributed by atoms with E-state index in [2.05, 4.69) is 15.6 Å². The Morgan fingerprint density at radius 3 is 2.67 bits per heavy atom. The minimum atomic E-state index is -0.468. The number of nitrogens with one attached hydrogen (secondary N) is 2. The molecule has 27 heavy (non-hydrogen) atoms. The first kappa shape index (κ1) is 20.5. The summed E-state index contributed by atoms with van der Waals surface area (Å²) in [6.45, 7) is 3.89. The van der Waals surface area contributed by atoms with E-state index in [1.165, 1.54) is 23.5 Å². The lowest BCUT2D eigenvalue weighted by Gasteiger charge is -2.16. The van der Waals surface area contributed by atoms with Crippen LogP contribution in [0, 0.1) is 10.1 Å². The minimum absolute atomic E-state index is 0.0209. The Morgan fingerprint density at radius 2 is 2.00 bits per heavy atom. The van der Waals surface area contributed by atoms with E-state index in [1.54, 1.807) is 29.5 Å². The zero-order chi connectivity index (χ0) is 20.0. The van der Waals surface area contributed by atoms with Crippen molar-refractivity contribution in [1.29, 1.82) is 0 Å². The Hall–Kier alpha value is -2.85. The second-order valence-electron chi connectivity index (χ2n) is 6.29. The van der Waals surface area contributed by atoms with E-state index >= 15 is 0 Å². The zero-order valence-corrected chi connectivity index (χ0v) is 16.1. The summed E-state index contributed by atoms with van der Waals surface area (Å²) >= 11 is 1.23. The largest absolute Gasteiger partial charge is 0.353 e. The minimum Gasteiger partial charge on any atom is -0.353 e. The van der Waals surface area contributed by atoms with Crippen LogP contribution in [0.25, 0.3) is 11.3 Å². The normalized spacial score (nSPS) is 10.9. The average molecular weight is 391 g/mol. The highest BCUT2D eigenvalue weighted by Gasteiger charge is 2.14. The van der Waals surface area contributed by atoms with E-state index in [1.807, 2.05) is 13.8 Å². The Morgan fingerprint density at radius 1 is 1.30 bits per heavy atom. The van der Waals surface area contributed by atoms with Gasteiger partial charge in [-0.15, -0.1) is 11.3 Å². The molecule has 2 N–H and O–H groups in total. The van der Waals surface area contributed by atoms with Gasteiger partial charge in [0.1, 0.15) is 0 Å². The number of nitro benzene ring substituents is 1. The van der Waals surface area contributed by atoms with Crippen LogP contribution in [0.2, 0.25) is 0 Å². The third-order valence-corrected chi connectivity index (χ3v) is 4.14. The van der Waals surface area contributed by atoms with Crippen molar-refractivity contribution in [1.82, 2.24) is 15.2 Å². The lowest BCUT2D eigenvalue weighted by atomic mass is 10.1. The fourth-order valence-corrected chi connectivity index (χ4v) is 3.05. The van der Waals surface area contributed by atoms with Crippen LogP contribution in [0.15, 0.2) is 29.6 Å². The molecule has 10 heteroatoms. The highest BCUT2D eigenvalue weighted by molar-refractivity contribution is 7.14. The average Bonchev–Trinajstić information content (AvgIpc) is 3.02. The molecule has 0 unspecified atom stereocenters. The van der Waals surface area contributed by atoms with E-state index in [-0.39, 0.29) is 36.6 Å². The molecular weight excluding hydrogens is 370 g/mol. The number of hydrogen-bond acceptors (Lipinski definition) is 7. The van der Waals surface area contributed by atoms with Gasteiger partial charge >= 0.3 is 0 Å². The summed E-state index contributed by atoms with van der Waals surface area (Å²) in [6.07, 6.45) is 0. The first-order valence-corrected chi connectivity index (χ1v) is 9.10. The Bertz CT molecular complexity index is 836. The van der Waals surface area contributed by atoms with Crippen LogP contribution < -0.4 is 10.6 Å². The number of rotatable bonds is 8. The highest BCUT2D eigenvalue weighted by atomic mass is 32.1. The summed E-state index contributed by atoms with van der Waals surface area (Å²) in [5.41, 5.74) is 1.12. The molecule has 2 rings (SSSR count). The second-order valence-corrected chi connectivity index (χ2v) is 7.15. The van der Waals surface area contributed by atoms with Crippen molar-refractivity contribution >= 4 is 34.0 Å². The Balaban J connectivity index is 1.93. The SMILES string of the molecule is CC(C)NC(=O)CN(C)CC(=O)Nc1nc(-c2cccc([N+](=O)[O-])c2)cs1. The van der Waals surface area contributed by atoms with Gasteiger partial charge in [-0.05, 0) is 20.9 Å². The molecule has 0 spiro atoms. The molecule has 0 aliphatic heterocycles. The summed E-state index contributed by atoms with van der Waals surface area (Å²) in [6, 6.07) is 6.19. The van der Waals surface area contributed by atoms with Gasteiger partial charge in [-0.25, -0.2) is 4.98 Å². The molecule has 0 saturated carbocycles. The molecule has 2 aromatic rings. The number of likely N-dealkylation sites (N-methyl/N-ethyl adjacent to an activating group) is 1. The van der Waals surface area contributed by atoms with Gasteiger partial charge in [0.25, 0.3) is 5.69 Å².